The Labute approximate surface area is 99.3 Å². The lowest BCUT2D eigenvalue weighted by atomic mass is 10.1. The Bertz CT molecular complexity index is 435. The fourth-order valence-corrected chi connectivity index (χ4v) is 1.89. The summed E-state index contributed by atoms with van der Waals surface area (Å²) in [6.45, 7) is 1.48. The van der Waals surface area contributed by atoms with Gasteiger partial charge in [0.05, 0.1) is 24.6 Å². The summed E-state index contributed by atoms with van der Waals surface area (Å²) >= 11 is 0. The average Bonchev–Trinajstić information content (AvgIpc) is 2.32. The van der Waals surface area contributed by atoms with E-state index in [4.69, 9.17) is 21.9 Å². The van der Waals surface area contributed by atoms with E-state index in [1.807, 2.05) is 11.0 Å². The van der Waals surface area contributed by atoms with Gasteiger partial charge < -0.3 is 26.8 Å². The van der Waals surface area contributed by atoms with Crippen molar-refractivity contribution >= 4 is 23.0 Å². The van der Waals surface area contributed by atoms with Gasteiger partial charge in [0, 0.05) is 12.2 Å². The third-order valence-corrected chi connectivity index (χ3v) is 2.86. The highest BCUT2D eigenvalue weighted by Gasteiger charge is 2.27. The van der Waals surface area contributed by atoms with Crippen LogP contribution in [0.25, 0.3) is 0 Å². The molecule has 92 valence electrons. The highest BCUT2D eigenvalue weighted by Crippen LogP contribution is 2.25. The molecule has 1 aliphatic rings. The van der Waals surface area contributed by atoms with Crippen molar-refractivity contribution < 1.29 is 9.53 Å². The second-order valence-corrected chi connectivity index (χ2v) is 4.00. The van der Waals surface area contributed by atoms with Gasteiger partial charge in [0.15, 0.2) is 0 Å². The first kappa shape index (κ1) is 11.5. The Morgan fingerprint density at radius 2 is 2.12 bits per heavy atom. The summed E-state index contributed by atoms with van der Waals surface area (Å²) in [6, 6.07) is 4.84. The van der Waals surface area contributed by atoms with Gasteiger partial charge in [0.25, 0.3) is 0 Å². The van der Waals surface area contributed by atoms with E-state index in [1.54, 1.807) is 12.1 Å². The van der Waals surface area contributed by atoms with Crippen molar-refractivity contribution in [2.24, 2.45) is 5.73 Å². The summed E-state index contributed by atoms with van der Waals surface area (Å²) in [4.78, 5) is 13.2. The molecule has 0 bridgehead atoms. The highest BCUT2D eigenvalue weighted by molar-refractivity contribution is 5.84. The van der Waals surface area contributed by atoms with Gasteiger partial charge in [-0.1, -0.05) is 0 Å². The summed E-state index contributed by atoms with van der Waals surface area (Å²) in [6.07, 6.45) is 0. The molecule has 2 rings (SSSR count). The molecule has 6 nitrogen and oxygen atoms in total. The molecule has 1 atom stereocenters. The first-order valence-corrected chi connectivity index (χ1v) is 5.38. The Morgan fingerprint density at radius 1 is 1.35 bits per heavy atom. The zero-order chi connectivity index (χ0) is 12.4. The largest absolute Gasteiger partial charge is 0.397 e. The normalized spacial score (nSPS) is 20.2. The number of primary amides is 1. The van der Waals surface area contributed by atoms with Crippen LogP contribution in [0.15, 0.2) is 18.2 Å². The van der Waals surface area contributed by atoms with Crippen LogP contribution in [0.5, 0.6) is 0 Å². The van der Waals surface area contributed by atoms with E-state index in [0.29, 0.717) is 31.1 Å². The molecule has 0 spiro atoms. The molecule has 6 N–H and O–H groups in total. The highest BCUT2D eigenvalue weighted by atomic mass is 16.5. The second kappa shape index (κ2) is 4.50. The molecular formula is C11H16N4O2. The number of anilines is 3. The molecule has 0 radical (unpaired) electrons. The van der Waals surface area contributed by atoms with Crippen LogP contribution < -0.4 is 22.1 Å². The van der Waals surface area contributed by atoms with Crippen LogP contribution in [0.4, 0.5) is 17.1 Å². The van der Waals surface area contributed by atoms with Gasteiger partial charge in [-0.05, 0) is 18.2 Å². The molecule has 1 aliphatic heterocycles. The van der Waals surface area contributed by atoms with Crippen molar-refractivity contribution in [3.63, 3.8) is 0 Å². The number of nitrogen functional groups attached to an aromatic ring is 2. The van der Waals surface area contributed by atoms with Crippen molar-refractivity contribution in [1.82, 2.24) is 0 Å². The van der Waals surface area contributed by atoms with Crippen LogP contribution in [0, 0.1) is 0 Å². The lowest BCUT2D eigenvalue weighted by molar-refractivity contribution is -0.121. The van der Waals surface area contributed by atoms with Crippen molar-refractivity contribution in [3.05, 3.63) is 18.2 Å². The van der Waals surface area contributed by atoms with Gasteiger partial charge >= 0.3 is 0 Å². The van der Waals surface area contributed by atoms with Gasteiger partial charge in [-0.25, -0.2) is 0 Å². The maximum atomic E-state index is 11.3. The molecule has 0 aromatic heterocycles. The molecule has 0 aliphatic carbocycles. The molecule has 1 unspecified atom stereocenters. The van der Waals surface area contributed by atoms with Crippen LogP contribution >= 0.6 is 0 Å². The fourth-order valence-electron chi connectivity index (χ4n) is 1.89. The summed E-state index contributed by atoms with van der Waals surface area (Å²) in [5.41, 5.74) is 18.6. The number of ether oxygens (including phenoxy) is 1. The smallest absolute Gasteiger partial charge is 0.242 e. The lowest BCUT2D eigenvalue weighted by Gasteiger charge is -2.35. The predicted octanol–water partition coefficient (Wildman–Crippen LogP) is -0.458. The van der Waals surface area contributed by atoms with Crippen LogP contribution in [0.2, 0.25) is 0 Å². The number of benzene rings is 1. The van der Waals surface area contributed by atoms with Crippen LogP contribution in [0.3, 0.4) is 0 Å². The minimum atomic E-state index is -0.452. The SMILES string of the molecule is NC(=O)C1COCCN1c1ccc(N)c(N)c1. The monoisotopic (exact) mass is 236 g/mol. The van der Waals surface area contributed by atoms with E-state index < -0.39 is 11.9 Å². The minimum absolute atomic E-state index is 0.305. The molecule has 0 saturated carbocycles. The molecular weight excluding hydrogens is 220 g/mol. The third-order valence-electron chi connectivity index (χ3n) is 2.86. The van der Waals surface area contributed by atoms with E-state index >= 15 is 0 Å². The summed E-state index contributed by atoms with van der Waals surface area (Å²) in [7, 11) is 0. The zero-order valence-electron chi connectivity index (χ0n) is 9.43. The number of morpholine rings is 1. The van der Waals surface area contributed by atoms with E-state index in [-0.39, 0.29) is 0 Å². The summed E-state index contributed by atoms with van der Waals surface area (Å²) in [5.74, 6) is -0.403. The number of rotatable bonds is 2. The Hall–Kier alpha value is -1.95. The molecule has 1 fully saturated rings. The Balaban J connectivity index is 2.29. The van der Waals surface area contributed by atoms with Crippen molar-refractivity contribution in [2.75, 3.05) is 36.1 Å². The Morgan fingerprint density at radius 3 is 2.76 bits per heavy atom. The first-order chi connectivity index (χ1) is 8.09. The van der Waals surface area contributed by atoms with Crippen LogP contribution in [-0.4, -0.2) is 31.7 Å². The predicted molar refractivity (Wildman–Crippen MR) is 66.4 cm³/mol. The van der Waals surface area contributed by atoms with E-state index in [0.717, 1.165) is 5.69 Å². The number of hydrogen-bond acceptors (Lipinski definition) is 5. The standard InChI is InChI=1S/C11H16N4O2/c12-8-2-1-7(5-9(8)13)15-3-4-17-6-10(15)11(14)16/h1-2,5,10H,3-4,6,12-13H2,(H2,14,16). The van der Waals surface area contributed by atoms with Crippen molar-refractivity contribution in [2.45, 2.75) is 6.04 Å². The summed E-state index contributed by atoms with van der Waals surface area (Å²) < 4.78 is 5.25. The van der Waals surface area contributed by atoms with Gasteiger partial charge in [-0.2, -0.15) is 0 Å². The zero-order valence-corrected chi connectivity index (χ0v) is 9.43. The molecule has 6 heteroatoms. The van der Waals surface area contributed by atoms with Gasteiger partial charge in [0.2, 0.25) is 5.91 Å². The molecule has 1 saturated heterocycles. The number of hydrogen-bond donors (Lipinski definition) is 3. The average molecular weight is 236 g/mol. The molecule has 1 amide bonds. The summed E-state index contributed by atoms with van der Waals surface area (Å²) in [5, 5.41) is 0. The third kappa shape index (κ3) is 2.26. The number of amides is 1. The topological polar surface area (TPSA) is 108 Å². The van der Waals surface area contributed by atoms with Crippen molar-refractivity contribution in [1.29, 1.82) is 0 Å². The first-order valence-electron chi connectivity index (χ1n) is 5.38. The van der Waals surface area contributed by atoms with Gasteiger partial charge in [0.1, 0.15) is 6.04 Å². The van der Waals surface area contributed by atoms with Gasteiger partial charge in [-0.3, -0.25) is 4.79 Å². The number of nitrogens with zero attached hydrogens (tertiary/aromatic N) is 1. The second-order valence-electron chi connectivity index (χ2n) is 4.00. The van der Waals surface area contributed by atoms with E-state index in [9.17, 15) is 4.79 Å². The fraction of sp³-hybridized carbons (Fsp3) is 0.364. The maximum absolute atomic E-state index is 11.3. The number of nitrogens with two attached hydrogens (primary N) is 3. The quantitative estimate of drug-likeness (QED) is 0.602. The molecule has 17 heavy (non-hydrogen) atoms. The van der Waals surface area contributed by atoms with Crippen LogP contribution in [0.1, 0.15) is 0 Å². The number of carbonyl (C=O) groups excluding carboxylic acids is 1. The van der Waals surface area contributed by atoms with E-state index in [1.165, 1.54) is 0 Å². The maximum Gasteiger partial charge on any atom is 0.242 e. The van der Waals surface area contributed by atoms with Crippen LogP contribution in [-0.2, 0) is 9.53 Å². The van der Waals surface area contributed by atoms with E-state index in [2.05, 4.69) is 0 Å². The minimum Gasteiger partial charge on any atom is -0.397 e. The number of carbonyl (C=O) groups is 1. The van der Waals surface area contributed by atoms with Crippen molar-refractivity contribution in [3.8, 4) is 0 Å². The lowest BCUT2D eigenvalue weighted by Crippen LogP contribution is -2.52. The molecule has 1 heterocycles. The molecule has 1 aromatic carbocycles. The van der Waals surface area contributed by atoms with Gasteiger partial charge in [-0.15, -0.1) is 0 Å². The Kier molecular flexibility index (Phi) is 3.06. The molecule has 1 aromatic rings.